The first-order valence-electron chi connectivity index (χ1n) is 12.0. The Labute approximate surface area is 199 Å². The lowest BCUT2D eigenvalue weighted by Gasteiger charge is -2.32. The van der Waals surface area contributed by atoms with Crippen LogP contribution in [0, 0.1) is 23.6 Å². The molecule has 0 N–H and O–H groups in total. The molecule has 3 fully saturated rings. The van der Waals surface area contributed by atoms with Crippen LogP contribution in [0.25, 0.3) is 0 Å². The van der Waals surface area contributed by atoms with Crippen LogP contribution in [-0.2, 0) is 11.2 Å². The van der Waals surface area contributed by atoms with Crippen molar-refractivity contribution < 1.29 is 13.9 Å². The van der Waals surface area contributed by atoms with Crippen molar-refractivity contribution in [1.82, 2.24) is 14.9 Å². The summed E-state index contributed by atoms with van der Waals surface area (Å²) in [5.41, 5.74) is 0.442. The summed E-state index contributed by atoms with van der Waals surface area (Å²) in [7, 11) is 0. The van der Waals surface area contributed by atoms with Gasteiger partial charge in [0.15, 0.2) is 0 Å². The second-order valence-corrected chi connectivity index (χ2v) is 9.92. The Hall–Kier alpha value is -2.41. The molecule has 1 aromatic carbocycles. The Morgan fingerprint density at radius 1 is 1.15 bits per heavy atom. The van der Waals surface area contributed by atoms with Gasteiger partial charge in [0.25, 0.3) is 0 Å². The van der Waals surface area contributed by atoms with E-state index >= 15 is 0 Å². The second kappa shape index (κ2) is 9.84. The van der Waals surface area contributed by atoms with E-state index in [-0.39, 0.29) is 18.1 Å². The first-order valence-corrected chi connectivity index (χ1v) is 12.4. The number of aromatic nitrogens is 2. The number of piperidine rings is 1. The van der Waals surface area contributed by atoms with Crippen LogP contribution in [0.3, 0.4) is 0 Å². The number of ether oxygens (including phenoxy) is 1. The van der Waals surface area contributed by atoms with Crippen LogP contribution in [0.2, 0.25) is 5.02 Å². The van der Waals surface area contributed by atoms with Crippen molar-refractivity contribution in [3.8, 4) is 5.75 Å². The lowest BCUT2D eigenvalue weighted by atomic mass is 9.90. The molecule has 2 atom stereocenters. The normalized spacial score (nSPS) is 22.7. The monoisotopic (exact) mass is 472 g/mol. The van der Waals surface area contributed by atoms with E-state index in [9.17, 15) is 9.18 Å². The number of carbonyl (C=O) groups is 1. The number of likely N-dealkylation sites (tertiary alicyclic amines) is 1. The van der Waals surface area contributed by atoms with Crippen molar-refractivity contribution in [3.63, 3.8) is 0 Å². The minimum atomic E-state index is -0.359. The fourth-order valence-corrected chi connectivity index (χ4v) is 5.20. The molecule has 3 heterocycles. The number of amides is 1. The Morgan fingerprint density at radius 3 is 2.58 bits per heavy atom. The van der Waals surface area contributed by atoms with Crippen molar-refractivity contribution in [1.29, 1.82) is 0 Å². The molecule has 2 aliphatic heterocycles. The van der Waals surface area contributed by atoms with E-state index in [4.69, 9.17) is 16.3 Å². The van der Waals surface area contributed by atoms with Gasteiger partial charge in [-0.05, 0) is 61.5 Å². The van der Waals surface area contributed by atoms with E-state index in [1.165, 1.54) is 12.5 Å². The summed E-state index contributed by atoms with van der Waals surface area (Å²) in [4.78, 5) is 24.7. The summed E-state index contributed by atoms with van der Waals surface area (Å²) in [5, 5.41) is 0.563. The Kier molecular flexibility index (Phi) is 6.67. The Morgan fingerprint density at radius 2 is 1.91 bits per heavy atom. The fourth-order valence-electron chi connectivity index (χ4n) is 5.11. The van der Waals surface area contributed by atoms with E-state index in [0.29, 0.717) is 28.9 Å². The third kappa shape index (κ3) is 5.40. The summed E-state index contributed by atoms with van der Waals surface area (Å²) in [6, 6.07) is 4.87. The molecule has 1 aliphatic carbocycles. The maximum Gasteiger partial charge on any atom is 0.227 e. The van der Waals surface area contributed by atoms with Crippen molar-refractivity contribution in [3.05, 3.63) is 47.0 Å². The molecular weight excluding hydrogens is 443 g/mol. The van der Waals surface area contributed by atoms with Gasteiger partial charge in [-0.25, -0.2) is 14.4 Å². The molecule has 0 spiro atoms. The molecule has 2 saturated heterocycles. The zero-order valence-electron chi connectivity index (χ0n) is 18.8. The largest absolute Gasteiger partial charge is 0.493 e. The smallest absolute Gasteiger partial charge is 0.227 e. The molecule has 33 heavy (non-hydrogen) atoms. The molecule has 1 amide bonds. The van der Waals surface area contributed by atoms with Gasteiger partial charge in [-0.3, -0.25) is 4.79 Å². The lowest BCUT2D eigenvalue weighted by Crippen LogP contribution is -2.42. The quantitative estimate of drug-likeness (QED) is 0.571. The average molecular weight is 473 g/mol. The summed E-state index contributed by atoms with van der Waals surface area (Å²) in [6.07, 6.45) is 9.06. The predicted molar refractivity (Wildman–Crippen MR) is 125 cm³/mol. The number of hydrogen-bond donors (Lipinski definition) is 0. The molecule has 2 aromatic rings. The summed E-state index contributed by atoms with van der Waals surface area (Å²) < 4.78 is 20.2. The van der Waals surface area contributed by atoms with Crippen LogP contribution < -0.4 is 9.64 Å². The summed E-state index contributed by atoms with van der Waals surface area (Å²) in [5.74, 6) is 3.17. The molecule has 3 aliphatic rings. The van der Waals surface area contributed by atoms with Crippen LogP contribution in [0.1, 0.15) is 37.7 Å². The standard InChI is InChI=1S/C25H30ClFN4O2/c26-20-15-28-25(29-16-20)31-9-4-17(5-10-31)22-12-18(22)6-11-33-21-3-2-19(23(27)14-21)13-24(32)30-7-1-8-30/h2-3,14-18,22H,1,4-13H2/t18-,22+/m0/s1. The molecule has 5 rings (SSSR count). The SMILES string of the molecule is O=C(Cc1ccc(OCC[C@H]2C[C@@H]2C2CCN(c3ncc(Cl)cn3)CC2)cc1F)N1CCC1. The third-order valence-electron chi connectivity index (χ3n) is 7.34. The minimum Gasteiger partial charge on any atom is -0.493 e. The first kappa shape index (κ1) is 22.4. The van der Waals surface area contributed by atoms with Gasteiger partial charge in [-0.15, -0.1) is 0 Å². The number of rotatable bonds is 8. The highest BCUT2D eigenvalue weighted by atomic mass is 35.5. The first-order chi connectivity index (χ1) is 16.1. The zero-order chi connectivity index (χ0) is 22.8. The number of benzene rings is 1. The molecule has 1 saturated carbocycles. The van der Waals surface area contributed by atoms with E-state index in [2.05, 4.69) is 14.9 Å². The fraction of sp³-hybridized carbons (Fsp3) is 0.560. The van der Waals surface area contributed by atoms with Crippen LogP contribution in [-0.4, -0.2) is 53.6 Å². The maximum atomic E-state index is 14.4. The number of nitrogens with zero attached hydrogens (tertiary/aromatic N) is 4. The topological polar surface area (TPSA) is 58.6 Å². The van der Waals surface area contributed by atoms with Crippen LogP contribution in [0.4, 0.5) is 10.3 Å². The number of hydrogen-bond acceptors (Lipinski definition) is 5. The maximum absolute atomic E-state index is 14.4. The van der Waals surface area contributed by atoms with Crippen molar-refractivity contribution in [2.24, 2.45) is 17.8 Å². The molecule has 176 valence electrons. The molecule has 6 nitrogen and oxygen atoms in total. The molecule has 0 bridgehead atoms. The van der Waals surface area contributed by atoms with Crippen molar-refractivity contribution in [2.45, 2.75) is 38.5 Å². The highest BCUT2D eigenvalue weighted by molar-refractivity contribution is 6.30. The van der Waals surface area contributed by atoms with Gasteiger partial charge >= 0.3 is 0 Å². The van der Waals surface area contributed by atoms with Crippen molar-refractivity contribution in [2.75, 3.05) is 37.7 Å². The third-order valence-corrected chi connectivity index (χ3v) is 7.54. The minimum absolute atomic E-state index is 0.000110. The number of anilines is 1. The van der Waals surface area contributed by atoms with E-state index < -0.39 is 0 Å². The van der Waals surface area contributed by atoms with Gasteiger partial charge in [0.05, 0.1) is 30.4 Å². The molecule has 8 heteroatoms. The summed E-state index contributed by atoms with van der Waals surface area (Å²) in [6.45, 7) is 4.15. The van der Waals surface area contributed by atoms with E-state index in [1.807, 2.05) is 0 Å². The van der Waals surface area contributed by atoms with Gasteiger partial charge in [-0.2, -0.15) is 0 Å². The number of carbonyl (C=O) groups excluding carboxylic acids is 1. The van der Waals surface area contributed by atoms with Crippen LogP contribution >= 0.6 is 11.6 Å². The molecular formula is C25H30ClFN4O2. The van der Waals surface area contributed by atoms with Crippen molar-refractivity contribution >= 4 is 23.5 Å². The van der Waals surface area contributed by atoms with E-state index in [0.717, 1.165) is 69.6 Å². The molecule has 1 aromatic heterocycles. The average Bonchev–Trinajstić information content (AvgIpc) is 3.55. The summed E-state index contributed by atoms with van der Waals surface area (Å²) >= 11 is 5.88. The van der Waals surface area contributed by atoms with Crippen LogP contribution in [0.5, 0.6) is 5.75 Å². The van der Waals surface area contributed by atoms with Gasteiger partial charge in [0.2, 0.25) is 11.9 Å². The van der Waals surface area contributed by atoms with Gasteiger partial charge < -0.3 is 14.5 Å². The highest BCUT2D eigenvalue weighted by Crippen LogP contribution is 2.49. The van der Waals surface area contributed by atoms with Gasteiger partial charge in [-0.1, -0.05) is 17.7 Å². The Balaban J connectivity index is 1.02. The highest BCUT2D eigenvalue weighted by Gasteiger charge is 2.43. The Bertz CT molecular complexity index is 977. The van der Waals surface area contributed by atoms with E-state index in [1.54, 1.807) is 29.4 Å². The predicted octanol–water partition coefficient (Wildman–Crippen LogP) is 4.37. The van der Waals surface area contributed by atoms with Gasteiger partial charge in [0.1, 0.15) is 11.6 Å². The molecule has 0 unspecified atom stereocenters. The van der Waals surface area contributed by atoms with Gasteiger partial charge in [0, 0.05) is 32.2 Å². The second-order valence-electron chi connectivity index (χ2n) is 9.49. The lowest BCUT2D eigenvalue weighted by molar-refractivity contribution is -0.133. The number of halogens is 2. The molecule has 0 radical (unpaired) electrons. The zero-order valence-corrected chi connectivity index (χ0v) is 19.5. The van der Waals surface area contributed by atoms with Crippen LogP contribution in [0.15, 0.2) is 30.6 Å².